The fourth-order valence-corrected chi connectivity index (χ4v) is 3.02. The van der Waals surface area contributed by atoms with Crippen LogP contribution in [-0.2, 0) is 6.42 Å². The van der Waals surface area contributed by atoms with Crippen LogP contribution in [0, 0.1) is 19.7 Å². The van der Waals surface area contributed by atoms with E-state index in [0.717, 1.165) is 11.1 Å². The van der Waals surface area contributed by atoms with Crippen molar-refractivity contribution < 1.29 is 9.18 Å². The molecule has 1 aromatic heterocycles. The van der Waals surface area contributed by atoms with E-state index < -0.39 is 6.03 Å². The summed E-state index contributed by atoms with van der Waals surface area (Å²) in [5.41, 5.74) is 3.51. The van der Waals surface area contributed by atoms with Gasteiger partial charge in [0, 0.05) is 12.1 Å². The Hall–Kier alpha value is -2.80. The SMILES string of the molecule is Cc1ccc(NC(=O)Nc2nnc(Cc3ccccc3F)s2)cc1C. The molecule has 0 atom stereocenters. The fraction of sp³-hybridized carbons (Fsp3) is 0.167. The van der Waals surface area contributed by atoms with Crippen LogP contribution in [-0.4, -0.2) is 16.2 Å². The molecule has 25 heavy (non-hydrogen) atoms. The highest BCUT2D eigenvalue weighted by molar-refractivity contribution is 7.15. The van der Waals surface area contributed by atoms with Gasteiger partial charge in [0.25, 0.3) is 0 Å². The molecule has 3 aromatic rings. The molecule has 0 unspecified atom stereocenters. The Kier molecular flexibility index (Phi) is 5.04. The Morgan fingerprint density at radius 3 is 2.64 bits per heavy atom. The van der Waals surface area contributed by atoms with Crippen LogP contribution < -0.4 is 10.6 Å². The number of nitrogens with one attached hydrogen (secondary N) is 2. The van der Waals surface area contributed by atoms with E-state index in [1.807, 2.05) is 32.0 Å². The van der Waals surface area contributed by atoms with Gasteiger partial charge in [-0.3, -0.25) is 5.32 Å². The number of anilines is 2. The maximum atomic E-state index is 13.7. The second kappa shape index (κ2) is 7.40. The first-order chi connectivity index (χ1) is 12.0. The van der Waals surface area contributed by atoms with Crippen LogP contribution in [0.15, 0.2) is 42.5 Å². The maximum absolute atomic E-state index is 13.7. The molecule has 0 aliphatic rings. The van der Waals surface area contributed by atoms with Crippen LogP contribution >= 0.6 is 11.3 Å². The topological polar surface area (TPSA) is 66.9 Å². The number of carbonyl (C=O) groups excluding carboxylic acids is 1. The molecule has 1 heterocycles. The van der Waals surface area contributed by atoms with Crippen molar-refractivity contribution in [3.05, 3.63) is 70.0 Å². The molecule has 0 bridgehead atoms. The van der Waals surface area contributed by atoms with Crippen molar-refractivity contribution in [1.82, 2.24) is 10.2 Å². The van der Waals surface area contributed by atoms with Gasteiger partial charge in [-0.25, -0.2) is 9.18 Å². The summed E-state index contributed by atoms with van der Waals surface area (Å²) in [4.78, 5) is 12.1. The largest absolute Gasteiger partial charge is 0.325 e. The number of urea groups is 1. The number of hydrogen-bond acceptors (Lipinski definition) is 4. The van der Waals surface area contributed by atoms with Crippen molar-refractivity contribution in [3.8, 4) is 0 Å². The van der Waals surface area contributed by atoms with Gasteiger partial charge in [-0.15, -0.1) is 10.2 Å². The van der Waals surface area contributed by atoms with Crippen LogP contribution in [0.25, 0.3) is 0 Å². The normalized spacial score (nSPS) is 10.5. The van der Waals surface area contributed by atoms with E-state index in [4.69, 9.17) is 0 Å². The number of carbonyl (C=O) groups is 1. The van der Waals surface area contributed by atoms with Crippen molar-refractivity contribution in [2.45, 2.75) is 20.3 Å². The molecule has 0 aliphatic carbocycles. The highest BCUT2D eigenvalue weighted by Gasteiger charge is 2.11. The van der Waals surface area contributed by atoms with Crippen LogP contribution in [0.1, 0.15) is 21.7 Å². The first-order valence-corrected chi connectivity index (χ1v) is 8.54. The third-order valence-corrected chi connectivity index (χ3v) is 4.59. The average Bonchev–Trinajstić information content (AvgIpc) is 3.00. The van der Waals surface area contributed by atoms with Crippen molar-refractivity contribution in [2.75, 3.05) is 10.6 Å². The molecule has 0 fully saturated rings. The summed E-state index contributed by atoms with van der Waals surface area (Å²) in [5.74, 6) is -0.278. The van der Waals surface area contributed by atoms with Crippen LogP contribution in [0.3, 0.4) is 0 Å². The molecule has 0 radical (unpaired) electrons. The molecule has 128 valence electrons. The smallest absolute Gasteiger partial charge is 0.308 e. The minimum absolute atomic E-state index is 0.278. The number of hydrogen-bond donors (Lipinski definition) is 2. The lowest BCUT2D eigenvalue weighted by Gasteiger charge is -2.07. The lowest BCUT2D eigenvalue weighted by Crippen LogP contribution is -2.19. The van der Waals surface area contributed by atoms with Crippen molar-refractivity contribution in [3.63, 3.8) is 0 Å². The maximum Gasteiger partial charge on any atom is 0.325 e. The molecule has 5 nitrogen and oxygen atoms in total. The molecule has 0 aliphatic heterocycles. The number of benzene rings is 2. The van der Waals surface area contributed by atoms with Crippen molar-refractivity contribution >= 4 is 28.2 Å². The summed E-state index contributed by atoms with van der Waals surface area (Å²) in [6.07, 6.45) is 0.338. The Bertz CT molecular complexity index is 910. The molecule has 0 spiro atoms. The standard InChI is InChI=1S/C18H17FN4OS/c1-11-7-8-14(9-12(11)2)20-17(24)21-18-23-22-16(25-18)10-13-5-3-4-6-15(13)19/h3-9H,10H2,1-2H3,(H2,20,21,23,24). The quantitative estimate of drug-likeness (QED) is 0.722. The van der Waals surface area contributed by atoms with Gasteiger partial charge in [0.2, 0.25) is 5.13 Å². The van der Waals surface area contributed by atoms with Gasteiger partial charge in [0.1, 0.15) is 10.8 Å². The number of aromatic nitrogens is 2. The number of amides is 2. The first-order valence-electron chi connectivity index (χ1n) is 7.72. The highest BCUT2D eigenvalue weighted by atomic mass is 32.1. The summed E-state index contributed by atoms with van der Waals surface area (Å²) in [7, 11) is 0. The van der Waals surface area contributed by atoms with Gasteiger partial charge >= 0.3 is 6.03 Å². The van der Waals surface area contributed by atoms with Crippen molar-refractivity contribution in [2.24, 2.45) is 0 Å². The van der Waals surface area contributed by atoms with E-state index in [-0.39, 0.29) is 5.82 Å². The van der Waals surface area contributed by atoms with Gasteiger partial charge in [-0.2, -0.15) is 0 Å². The Morgan fingerprint density at radius 2 is 1.88 bits per heavy atom. The minimum Gasteiger partial charge on any atom is -0.308 e. The monoisotopic (exact) mass is 356 g/mol. The van der Waals surface area contributed by atoms with E-state index in [2.05, 4.69) is 20.8 Å². The van der Waals surface area contributed by atoms with Crippen molar-refractivity contribution in [1.29, 1.82) is 0 Å². The molecule has 2 amide bonds. The summed E-state index contributed by atoms with van der Waals surface area (Å²) in [6, 6.07) is 11.8. The lowest BCUT2D eigenvalue weighted by atomic mass is 10.1. The Balaban J connectivity index is 1.61. The number of rotatable bonds is 4. The van der Waals surface area contributed by atoms with Gasteiger partial charge < -0.3 is 5.32 Å². The number of halogens is 1. The average molecular weight is 356 g/mol. The highest BCUT2D eigenvalue weighted by Crippen LogP contribution is 2.20. The zero-order chi connectivity index (χ0) is 17.8. The molecule has 2 aromatic carbocycles. The number of aryl methyl sites for hydroxylation is 2. The van der Waals surface area contributed by atoms with E-state index >= 15 is 0 Å². The van der Waals surface area contributed by atoms with Gasteiger partial charge in [0.15, 0.2) is 0 Å². The Morgan fingerprint density at radius 1 is 1.08 bits per heavy atom. The molecule has 0 saturated heterocycles. The minimum atomic E-state index is -0.392. The second-order valence-corrected chi connectivity index (χ2v) is 6.71. The molecule has 0 saturated carbocycles. The summed E-state index contributed by atoms with van der Waals surface area (Å²) < 4.78 is 13.7. The third-order valence-electron chi connectivity index (χ3n) is 3.75. The third kappa shape index (κ3) is 4.39. The van der Waals surface area contributed by atoms with E-state index in [9.17, 15) is 9.18 Å². The van der Waals surface area contributed by atoms with Gasteiger partial charge in [0.05, 0.1) is 0 Å². The van der Waals surface area contributed by atoms with Crippen LogP contribution in [0.2, 0.25) is 0 Å². The van der Waals surface area contributed by atoms with E-state index in [0.29, 0.717) is 27.8 Å². The van der Waals surface area contributed by atoms with Gasteiger partial charge in [-0.05, 0) is 48.7 Å². The Labute approximate surface area is 148 Å². The summed E-state index contributed by atoms with van der Waals surface area (Å²) in [5, 5.41) is 14.3. The fourth-order valence-electron chi connectivity index (χ4n) is 2.26. The predicted molar refractivity (Wildman–Crippen MR) is 97.7 cm³/mol. The molecular weight excluding hydrogens is 339 g/mol. The molecular formula is C18H17FN4OS. The zero-order valence-electron chi connectivity index (χ0n) is 13.8. The second-order valence-electron chi connectivity index (χ2n) is 5.65. The predicted octanol–water partition coefficient (Wildman–Crippen LogP) is 4.53. The van der Waals surface area contributed by atoms with Crippen LogP contribution in [0.4, 0.5) is 20.0 Å². The molecule has 3 rings (SSSR count). The summed E-state index contributed by atoms with van der Waals surface area (Å²) >= 11 is 1.22. The van der Waals surface area contributed by atoms with Gasteiger partial charge in [-0.1, -0.05) is 35.6 Å². The summed E-state index contributed by atoms with van der Waals surface area (Å²) in [6.45, 7) is 4.00. The first kappa shape index (κ1) is 17.0. The van der Waals surface area contributed by atoms with E-state index in [1.54, 1.807) is 18.2 Å². The molecule has 2 N–H and O–H groups in total. The lowest BCUT2D eigenvalue weighted by molar-refractivity contribution is 0.262. The van der Waals surface area contributed by atoms with E-state index in [1.165, 1.54) is 17.4 Å². The zero-order valence-corrected chi connectivity index (χ0v) is 14.7. The molecule has 7 heteroatoms. The number of nitrogens with zero attached hydrogens (tertiary/aromatic N) is 2. The van der Waals surface area contributed by atoms with Crippen LogP contribution in [0.5, 0.6) is 0 Å².